The molecule has 1 aliphatic rings. The second-order valence-corrected chi connectivity index (χ2v) is 5.46. The molecule has 1 atom stereocenters. The summed E-state index contributed by atoms with van der Waals surface area (Å²) < 4.78 is 10.9. The van der Waals surface area contributed by atoms with Crippen LogP contribution in [0.15, 0.2) is 42.5 Å². The van der Waals surface area contributed by atoms with Gasteiger partial charge in [0.2, 0.25) is 0 Å². The molecule has 0 bridgehead atoms. The third-order valence-electron chi connectivity index (χ3n) is 3.92. The van der Waals surface area contributed by atoms with Gasteiger partial charge >= 0.3 is 0 Å². The van der Waals surface area contributed by atoms with Crippen molar-refractivity contribution in [3.8, 4) is 11.5 Å². The minimum atomic E-state index is 0.357. The Balaban J connectivity index is 1.70. The van der Waals surface area contributed by atoms with Crippen molar-refractivity contribution in [1.29, 1.82) is 0 Å². The van der Waals surface area contributed by atoms with Crippen LogP contribution in [0.4, 0.5) is 0 Å². The van der Waals surface area contributed by atoms with Gasteiger partial charge in [0, 0.05) is 24.6 Å². The van der Waals surface area contributed by atoms with Gasteiger partial charge in [0.1, 0.15) is 11.5 Å². The molecule has 0 radical (unpaired) electrons. The van der Waals surface area contributed by atoms with Gasteiger partial charge in [0.25, 0.3) is 0 Å². The standard InChI is InChI=1S/C18H21NO2/c1-13-3-8-18-16(11-13)17(9-10-21-18)19-12-14-4-6-15(20-2)7-5-14/h3-8,11,17,19H,9-10,12H2,1-2H3. The zero-order valence-electron chi connectivity index (χ0n) is 12.6. The van der Waals surface area contributed by atoms with Crippen LogP contribution >= 0.6 is 0 Å². The minimum absolute atomic E-state index is 0.357. The van der Waals surface area contributed by atoms with Crippen LogP contribution < -0.4 is 14.8 Å². The molecule has 0 aromatic heterocycles. The Hall–Kier alpha value is -2.00. The van der Waals surface area contributed by atoms with Gasteiger partial charge < -0.3 is 14.8 Å². The zero-order valence-corrected chi connectivity index (χ0v) is 12.6. The molecule has 2 aromatic rings. The van der Waals surface area contributed by atoms with Crippen LogP contribution in [0.1, 0.15) is 29.2 Å². The van der Waals surface area contributed by atoms with Gasteiger partial charge in [-0.25, -0.2) is 0 Å². The number of aryl methyl sites for hydroxylation is 1. The van der Waals surface area contributed by atoms with E-state index in [1.807, 2.05) is 12.1 Å². The molecule has 0 fully saturated rings. The Kier molecular flexibility index (Phi) is 4.11. The third-order valence-corrected chi connectivity index (χ3v) is 3.92. The Morgan fingerprint density at radius 2 is 2.00 bits per heavy atom. The van der Waals surface area contributed by atoms with E-state index < -0.39 is 0 Å². The van der Waals surface area contributed by atoms with Crippen molar-refractivity contribution < 1.29 is 9.47 Å². The molecule has 110 valence electrons. The van der Waals surface area contributed by atoms with E-state index in [2.05, 4.69) is 42.6 Å². The highest BCUT2D eigenvalue weighted by Crippen LogP contribution is 2.32. The summed E-state index contributed by atoms with van der Waals surface area (Å²) in [5.74, 6) is 1.91. The molecule has 0 amide bonds. The molecule has 1 aliphatic heterocycles. The van der Waals surface area contributed by atoms with Crippen molar-refractivity contribution in [1.82, 2.24) is 5.32 Å². The highest BCUT2D eigenvalue weighted by Gasteiger charge is 2.20. The number of ether oxygens (including phenoxy) is 2. The quantitative estimate of drug-likeness (QED) is 0.929. The second kappa shape index (κ2) is 6.19. The molecule has 21 heavy (non-hydrogen) atoms. The Morgan fingerprint density at radius 1 is 1.19 bits per heavy atom. The predicted octanol–water partition coefficient (Wildman–Crippen LogP) is 3.62. The average molecular weight is 283 g/mol. The molecule has 0 aliphatic carbocycles. The molecule has 0 saturated carbocycles. The fourth-order valence-corrected chi connectivity index (χ4v) is 2.71. The molecule has 1 heterocycles. The van der Waals surface area contributed by atoms with Gasteiger partial charge in [-0.1, -0.05) is 29.8 Å². The predicted molar refractivity (Wildman–Crippen MR) is 83.9 cm³/mol. The van der Waals surface area contributed by atoms with Crippen LogP contribution in [0, 0.1) is 6.92 Å². The van der Waals surface area contributed by atoms with Crippen LogP contribution in [0.5, 0.6) is 11.5 Å². The van der Waals surface area contributed by atoms with Crippen LogP contribution in [0.25, 0.3) is 0 Å². The van der Waals surface area contributed by atoms with E-state index in [1.165, 1.54) is 16.7 Å². The number of methoxy groups -OCH3 is 1. The normalized spacial score (nSPS) is 17.0. The summed E-state index contributed by atoms with van der Waals surface area (Å²) >= 11 is 0. The number of hydrogen-bond donors (Lipinski definition) is 1. The lowest BCUT2D eigenvalue weighted by atomic mass is 9.98. The monoisotopic (exact) mass is 283 g/mol. The molecular weight excluding hydrogens is 262 g/mol. The van der Waals surface area contributed by atoms with Crippen LogP contribution in [-0.2, 0) is 6.54 Å². The molecule has 0 spiro atoms. The molecular formula is C18H21NO2. The number of benzene rings is 2. The summed E-state index contributed by atoms with van der Waals surface area (Å²) in [7, 11) is 1.69. The third kappa shape index (κ3) is 3.19. The van der Waals surface area contributed by atoms with Gasteiger partial charge in [-0.05, 0) is 30.7 Å². The molecule has 3 nitrogen and oxygen atoms in total. The Labute approximate surface area is 125 Å². The molecule has 2 aromatic carbocycles. The fourth-order valence-electron chi connectivity index (χ4n) is 2.71. The van der Waals surface area contributed by atoms with Crippen molar-refractivity contribution in [3.63, 3.8) is 0 Å². The van der Waals surface area contributed by atoms with E-state index in [-0.39, 0.29) is 0 Å². The van der Waals surface area contributed by atoms with E-state index in [9.17, 15) is 0 Å². The lowest BCUT2D eigenvalue weighted by molar-refractivity contribution is 0.252. The van der Waals surface area contributed by atoms with E-state index >= 15 is 0 Å². The van der Waals surface area contributed by atoms with E-state index in [1.54, 1.807) is 7.11 Å². The minimum Gasteiger partial charge on any atom is -0.497 e. The van der Waals surface area contributed by atoms with E-state index in [4.69, 9.17) is 9.47 Å². The van der Waals surface area contributed by atoms with Crippen LogP contribution in [0.3, 0.4) is 0 Å². The average Bonchev–Trinajstić information content (AvgIpc) is 2.53. The van der Waals surface area contributed by atoms with Crippen molar-refractivity contribution in [2.75, 3.05) is 13.7 Å². The second-order valence-electron chi connectivity index (χ2n) is 5.46. The van der Waals surface area contributed by atoms with Crippen LogP contribution in [-0.4, -0.2) is 13.7 Å². The molecule has 3 rings (SSSR count). The number of rotatable bonds is 4. The summed E-state index contributed by atoms with van der Waals surface area (Å²) in [6, 6.07) is 15.0. The van der Waals surface area contributed by atoms with Gasteiger partial charge in [-0.3, -0.25) is 0 Å². The molecule has 3 heteroatoms. The molecule has 1 unspecified atom stereocenters. The lowest BCUT2D eigenvalue weighted by Gasteiger charge is -2.27. The smallest absolute Gasteiger partial charge is 0.124 e. The molecule has 1 N–H and O–H groups in total. The van der Waals surface area contributed by atoms with Crippen molar-refractivity contribution in [2.24, 2.45) is 0 Å². The SMILES string of the molecule is COc1ccc(CNC2CCOc3ccc(C)cc32)cc1. The maximum absolute atomic E-state index is 5.73. The summed E-state index contributed by atoms with van der Waals surface area (Å²) in [4.78, 5) is 0. The first-order valence-corrected chi connectivity index (χ1v) is 7.36. The van der Waals surface area contributed by atoms with E-state index in [0.29, 0.717) is 6.04 Å². The van der Waals surface area contributed by atoms with Gasteiger partial charge in [-0.15, -0.1) is 0 Å². The van der Waals surface area contributed by atoms with Crippen LogP contribution in [0.2, 0.25) is 0 Å². The number of fused-ring (bicyclic) bond motifs is 1. The zero-order chi connectivity index (χ0) is 14.7. The van der Waals surface area contributed by atoms with E-state index in [0.717, 1.165) is 31.1 Å². The first-order valence-electron chi connectivity index (χ1n) is 7.36. The van der Waals surface area contributed by atoms with Gasteiger partial charge in [-0.2, -0.15) is 0 Å². The van der Waals surface area contributed by atoms with Gasteiger partial charge in [0.05, 0.1) is 13.7 Å². The lowest BCUT2D eigenvalue weighted by Crippen LogP contribution is -2.26. The Bertz CT molecular complexity index is 607. The Morgan fingerprint density at radius 3 is 2.76 bits per heavy atom. The van der Waals surface area contributed by atoms with Gasteiger partial charge in [0.15, 0.2) is 0 Å². The topological polar surface area (TPSA) is 30.5 Å². The molecule has 0 saturated heterocycles. The maximum Gasteiger partial charge on any atom is 0.124 e. The number of hydrogen-bond acceptors (Lipinski definition) is 3. The summed E-state index contributed by atoms with van der Waals surface area (Å²) in [6.45, 7) is 3.74. The largest absolute Gasteiger partial charge is 0.497 e. The highest BCUT2D eigenvalue weighted by molar-refractivity contribution is 5.40. The summed E-state index contributed by atoms with van der Waals surface area (Å²) in [5, 5.41) is 3.64. The fraction of sp³-hybridized carbons (Fsp3) is 0.333. The first kappa shape index (κ1) is 14.0. The summed E-state index contributed by atoms with van der Waals surface area (Å²) in [5.41, 5.74) is 3.81. The van der Waals surface area contributed by atoms with Crippen molar-refractivity contribution in [3.05, 3.63) is 59.2 Å². The number of nitrogens with one attached hydrogen (secondary N) is 1. The maximum atomic E-state index is 5.73. The summed E-state index contributed by atoms with van der Waals surface area (Å²) in [6.07, 6.45) is 1.01. The van der Waals surface area contributed by atoms with Crippen molar-refractivity contribution in [2.45, 2.75) is 25.9 Å². The van der Waals surface area contributed by atoms with Crippen molar-refractivity contribution >= 4 is 0 Å². The first-order chi connectivity index (χ1) is 10.3. The highest BCUT2D eigenvalue weighted by atomic mass is 16.5.